The predicted molar refractivity (Wildman–Crippen MR) is 68.6 cm³/mol. The van der Waals surface area contributed by atoms with Crippen LogP contribution in [0.25, 0.3) is 0 Å². The van der Waals surface area contributed by atoms with Gasteiger partial charge in [0, 0.05) is 24.9 Å². The second kappa shape index (κ2) is 6.54. The maximum Gasteiger partial charge on any atom is 0.203 e. The molecule has 0 spiro atoms. The first-order valence-corrected chi connectivity index (χ1v) is 5.36. The second-order valence-corrected chi connectivity index (χ2v) is 3.40. The first kappa shape index (κ1) is 13.9. The molecule has 18 heavy (non-hydrogen) atoms. The predicted octanol–water partition coefficient (Wildman–Crippen LogP) is 1.63. The summed E-state index contributed by atoms with van der Waals surface area (Å²) in [5.41, 5.74) is 0.469. The number of rotatable bonds is 6. The number of methoxy groups -OCH3 is 3. The molecule has 0 atom stereocenters. The Balaban J connectivity index is 3.22. The molecule has 0 amide bonds. The molecule has 0 aliphatic carbocycles. The Kier molecular flexibility index (Phi) is 5.05. The summed E-state index contributed by atoms with van der Waals surface area (Å²) < 4.78 is 15.5. The van der Waals surface area contributed by atoms with Gasteiger partial charge in [-0.1, -0.05) is 0 Å². The SMILES string of the molecule is CNC=CC(=O)c1cc(OC)c(OC)c(OC)c1. The van der Waals surface area contributed by atoms with Crippen molar-refractivity contribution in [1.82, 2.24) is 5.32 Å². The van der Waals surface area contributed by atoms with Gasteiger partial charge < -0.3 is 19.5 Å². The fourth-order valence-corrected chi connectivity index (χ4v) is 1.48. The van der Waals surface area contributed by atoms with Crippen molar-refractivity contribution in [1.29, 1.82) is 0 Å². The lowest BCUT2D eigenvalue weighted by atomic mass is 10.1. The number of hydrogen-bond donors (Lipinski definition) is 1. The van der Waals surface area contributed by atoms with E-state index in [0.717, 1.165) is 0 Å². The molecule has 0 radical (unpaired) electrons. The monoisotopic (exact) mass is 251 g/mol. The first-order chi connectivity index (χ1) is 8.67. The van der Waals surface area contributed by atoms with Gasteiger partial charge >= 0.3 is 0 Å². The van der Waals surface area contributed by atoms with Crippen molar-refractivity contribution in [2.24, 2.45) is 0 Å². The van der Waals surface area contributed by atoms with E-state index in [1.807, 2.05) is 0 Å². The van der Waals surface area contributed by atoms with Crippen molar-refractivity contribution < 1.29 is 19.0 Å². The van der Waals surface area contributed by atoms with Crippen molar-refractivity contribution in [3.8, 4) is 17.2 Å². The largest absolute Gasteiger partial charge is 0.493 e. The molecule has 0 aliphatic rings. The quantitative estimate of drug-likeness (QED) is 0.615. The zero-order chi connectivity index (χ0) is 13.5. The summed E-state index contributed by atoms with van der Waals surface area (Å²) in [7, 11) is 6.26. The van der Waals surface area contributed by atoms with Crippen LogP contribution in [0, 0.1) is 0 Å². The Bertz CT molecular complexity index is 429. The number of nitrogens with one attached hydrogen (secondary N) is 1. The molecule has 1 aromatic carbocycles. The average Bonchev–Trinajstić information content (AvgIpc) is 2.42. The van der Waals surface area contributed by atoms with E-state index in [4.69, 9.17) is 14.2 Å². The van der Waals surface area contributed by atoms with Crippen LogP contribution in [-0.2, 0) is 0 Å². The minimum Gasteiger partial charge on any atom is -0.493 e. The van der Waals surface area contributed by atoms with Crippen LogP contribution in [0.4, 0.5) is 0 Å². The van der Waals surface area contributed by atoms with Gasteiger partial charge in [-0.2, -0.15) is 0 Å². The summed E-state index contributed by atoms with van der Waals surface area (Å²) >= 11 is 0. The maximum absolute atomic E-state index is 11.9. The zero-order valence-corrected chi connectivity index (χ0v) is 10.9. The maximum atomic E-state index is 11.9. The topological polar surface area (TPSA) is 56.8 Å². The van der Waals surface area contributed by atoms with Gasteiger partial charge in [0.2, 0.25) is 5.75 Å². The fraction of sp³-hybridized carbons (Fsp3) is 0.308. The third-order valence-corrected chi connectivity index (χ3v) is 2.35. The van der Waals surface area contributed by atoms with Gasteiger partial charge in [-0.25, -0.2) is 0 Å². The molecule has 0 unspecified atom stereocenters. The molecule has 0 saturated heterocycles. The van der Waals surface area contributed by atoms with Crippen LogP contribution in [0.2, 0.25) is 0 Å². The van der Waals surface area contributed by atoms with Gasteiger partial charge in [-0.15, -0.1) is 0 Å². The molecule has 1 N–H and O–H groups in total. The smallest absolute Gasteiger partial charge is 0.203 e. The van der Waals surface area contributed by atoms with Crippen molar-refractivity contribution in [3.63, 3.8) is 0 Å². The first-order valence-electron chi connectivity index (χ1n) is 5.36. The van der Waals surface area contributed by atoms with Crippen LogP contribution in [-0.4, -0.2) is 34.2 Å². The number of ether oxygens (including phenoxy) is 3. The Morgan fingerprint density at radius 1 is 1.11 bits per heavy atom. The molecule has 5 heteroatoms. The standard InChI is InChI=1S/C13H17NO4/c1-14-6-5-10(15)9-7-11(16-2)13(18-4)12(8-9)17-3/h5-8,14H,1-4H3. The molecule has 0 heterocycles. The molecule has 1 aromatic rings. The molecule has 0 aliphatic heterocycles. The van der Waals surface area contributed by atoms with Gasteiger partial charge in [0.05, 0.1) is 21.3 Å². The van der Waals surface area contributed by atoms with Crippen molar-refractivity contribution >= 4 is 5.78 Å². The van der Waals surface area contributed by atoms with Gasteiger partial charge in [-0.05, 0) is 12.1 Å². The van der Waals surface area contributed by atoms with Gasteiger partial charge in [-0.3, -0.25) is 4.79 Å². The van der Waals surface area contributed by atoms with Crippen LogP contribution < -0.4 is 19.5 Å². The van der Waals surface area contributed by atoms with Gasteiger partial charge in [0.1, 0.15) is 0 Å². The summed E-state index contributed by atoms with van der Waals surface area (Å²) in [5.74, 6) is 1.23. The molecular formula is C13H17NO4. The van der Waals surface area contributed by atoms with E-state index < -0.39 is 0 Å². The van der Waals surface area contributed by atoms with E-state index in [9.17, 15) is 4.79 Å². The Morgan fingerprint density at radius 2 is 1.67 bits per heavy atom. The van der Waals surface area contributed by atoms with Gasteiger partial charge in [0.25, 0.3) is 0 Å². The van der Waals surface area contributed by atoms with Crippen molar-refractivity contribution in [2.75, 3.05) is 28.4 Å². The third-order valence-electron chi connectivity index (χ3n) is 2.35. The number of benzene rings is 1. The number of hydrogen-bond acceptors (Lipinski definition) is 5. The summed E-state index contributed by atoms with van der Waals surface area (Å²) in [6, 6.07) is 3.23. The number of allylic oxidation sites excluding steroid dienone is 1. The van der Waals surface area contributed by atoms with Crippen molar-refractivity contribution in [2.45, 2.75) is 0 Å². The summed E-state index contributed by atoms with van der Waals surface area (Å²) in [6.07, 6.45) is 2.99. The molecule has 0 fully saturated rings. The molecule has 98 valence electrons. The highest BCUT2D eigenvalue weighted by atomic mass is 16.5. The minimum atomic E-state index is -0.149. The molecule has 0 aromatic heterocycles. The highest BCUT2D eigenvalue weighted by molar-refractivity contribution is 6.05. The van der Waals surface area contributed by atoms with Crippen molar-refractivity contribution in [3.05, 3.63) is 30.0 Å². The molecule has 1 rings (SSSR count). The Morgan fingerprint density at radius 3 is 2.06 bits per heavy atom. The van der Waals surface area contributed by atoms with Crippen LogP contribution in [0.3, 0.4) is 0 Å². The normalized spacial score (nSPS) is 10.2. The lowest BCUT2D eigenvalue weighted by Crippen LogP contribution is -2.02. The highest BCUT2D eigenvalue weighted by Crippen LogP contribution is 2.38. The zero-order valence-electron chi connectivity index (χ0n) is 10.9. The lowest BCUT2D eigenvalue weighted by Gasteiger charge is -2.13. The fourth-order valence-electron chi connectivity index (χ4n) is 1.48. The van der Waals surface area contributed by atoms with E-state index in [1.54, 1.807) is 25.4 Å². The molecule has 0 saturated carbocycles. The van der Waals surface area contributed by atoms with E-state index in [0.29, 0.717) is 22.8 Å². The minimum absolute atomic E-state index is 0.149. The molecule has 0 bridgehead atoms. The lowest BCUT2D eigenvalue weighted by molar-refractivity contribution is 0.104. The van der Waals surface area contributed by atoms with Crippen LogP contribution in [0.5, 0.6) is 17.2 Å². The Hall–Kier alpha value is -2.17. The number of carbonyl (C=O) groups excluding carboxylic acids is 1. The number of carbonyl (C=O) groups is 1. The molecular weight excluding hydrogens is 234 g/mol. The second-order valence-electron chi connectivity index (χ2n) is 3.40. The summed E-state index contributed by atoms with van der Waals surface area (Å²) in [4.78, 5) is 11.9. The van der Waals surface area contributed by atoms with Crippen LogP contribution in [0.1, 0.15) is 10.4 Å². The third kappa shape index (κ3) is 2.94. The van der Waals surface area contributed by atoms with E-state index in [2.05, 4.69) is 5.32 Å². The van der Waals surface area contributed by atoms with E-state index in [1.165, 1.54) is 27.4 Å². The van der Waals surface area contributed by atoms with Crippen LogP contribution >= 0.6 is 0 Å². The Labute approximate surface area is 106 Å². The summed E-state index contributed by atoms with van der Waals surface area (Å²) in [6.45, 7) is 0. The van der Waals surface area contributed by atoms with Gasteiger partial charge in [0.15, 0.2) is 17.3 Å². The average molecular weight is 251 g/mol. The number of ketones is 1. The van der Waals surface area contributed by atoms with E-state index >= 15 is 0 Å². The van der Waals surface area contributed by atoms with Crippen LogP contribution in [0.15, 0.2) is 24.4 Å². The highest BCUT2D eigenvalue weighted by Gasteiger charge is 2.15. The van der Waals surface area contributed by atoms with E-state index in [-0.39, 0.29) is 5.78 Å². The summed E-state index contributed by atoms with van der Waals surface area (Å²) in [5, 5.41) is 2.76. The molecule has 5 nitrogen and oxygen atoms in total.